The fourth-order valence-electron chi connectivity index (χ4n) is 3.16. The number of nitrogens with one attached hydrogen (secondary N) is 3. The maximum absolute atomic E-state index is 4.60. The summed E-state index contributed by atoms with van der Waals surface area (Å²) in [7, 11) is 1.82. The first-order chi connectivity index (χ1) is 11.8. The lowest BCUT2D eigenvalue weighted by Crippen LogP contribution is -2.43. The first-order valence-corrected chi connectivity index (χ1v) is 8.95. The minimum Gasteiger partial charge on any atom is -0.356 e. The van der Waals surface area contributed by atoms with Gasteiger partial charge in [-0.3, -0.25) is 4.99 Å². The molecule has 1 aliphatic rings. The van der Waals surface area contributed by atoms with Crippen LogP contribution in [0.15, 0.2) is 29.3 Å². The molecule has 6 nitrogen and oxygen atoms in total. The fraction of sp³-hybridized carbons (Fsp3) is 0.556. The summed E-state index contributed by atoms with van der Waals surface area (Å²) in [5, 5.41) is 6.76. The number of nitrogens with zero attached hydrogens (tertiary/aromatic N) is 3. The van der Waals surface area contributed by atoms with E-state index < -0.39 is 0 Å². The number of aromatic nitrogens is 2. The summed E-state index contributed by atoms with van der Waals surface area (Å²) in [5.74, 6) is 1.87. The molecule has 24 heavy (non-hydrogen) atoms. The molecule has 130 valence electrons. The molecule has 1 aromatic carbocycles. The van der Waals surface area contributed by atoms with Crippen molar-refractivity contribution < 1.29 is 0 Å². The largest absolute Gasteiger partial charge is 0.356 e. The number of benzene rings is 1. The average molecular weight is 328 g/mol. The second kappa shape index (κ2) is 8.68. The zero-order valence-corrected chi connectivity index (χ0v) is 14.5. The van der Waals surface area contributed by atoms with Crippen LogP contribution in [0.4, 0.5) is 0 Å². The molecule has 0 saturated carbocycles. The maximum Gasteiger partial charge on any atom is 0.191 e. The molecule has 3 rings (SSSR count). The first-order valence-electron chi connectivity index (χ1n) is 8.95. The molecular formula is C18H28N6. The number of piperidine rings is 1. The van der Waals surface area contributed by atoms with Crippen molar-refractivity contribution >= 4 is 17.0 Å². The zero-order chi connectivity index (χ0) is 16.6. The van der Waals surface area contributed by atoms with Crippen LogP contribution in [0.1, 0.15) is 25.1 Å². The highest BCUT2D eigenvalue weighted by Crippen LogP contribution is 2.10. The summed E-state index contributed by atoms with van der Waals surface area (Å²) >= 11 is 0. The highest BCUT2D eigenvalue weighted by atomic mass is 15.2. The zero-order valence-electron chi connectivity index (χ0n) is 14.5. The number of hydrogen-bond acceptors (Lipinski definition) is 3. The molecule has 6 heteroatoms. The third kappa shape index (κ3) is 4.71. The van der Waals surface area contributed by atoms with Crippen LogP contribution in [0.25, 0.3) is 11.0 Å². The lowest BCUT2D eigenvalue weighted by atomic mass is 10.1. The van der Waals surface area contributed by atoms with E-state index in [0.717, 1.165) is 48.9 Å². The maximum atomic E-state index is 4.60. The molecule has 2 aromatic rings. The smallest absolute Gasteiger partial charge is 0.191 e. The Morgan fingerprint density at radius 2 is 1.96 bits per heavy atom. The number of imidazole rings is 1. The molecule has 0 radical (unpaired) electrons. The number of hydrogen-bond donors (Lipinski definition) is 3. The third-order valence-electron chi connectivity index (χ3n) is 4.49. The molecule has 1 fully saturated rings. The van der Waals surface area contributed by atoms with Gasteiger partial charge in [0.2, 0.25) is 0 Å². The Bertz CT molecular complexity index is 623. The quantitative estimate of drug-likeness (QED) is 0.558. The Hall–Kier alpha value is -2.08. The van der Waals surface area contributed by atoms with Gasteiger partial charge in [0, 0.05) is 33.1 Å². The molecule has 1 aromatic heterocycles. The van der Waals surface area contributed by atoms with Gasteiger partial charge in [-0.05, 0) is 38.1 Å². The minimum absolute atomic E-state index is 0.809. The number of H-pyrrole nitrogens is 1. The van der Waals surface area contributed by atoms with Crippen LogP contribution in [0.3, 0.4) is 0 Å². The summed E-state index contributed by atoms with van der Waals surface area (Å²) in [6.07, 6.45) is 4.91. The molecule has 0 unspecified atom stereocenters. The van der Waals surface area contributed by atoms with Crippen LogP contribution in [-0.2, 0) is 6.42 Å². The van der Waals surface area contributed by atoms with Crippen molar-refractivity contribution in [1.82, 2.24) is 25.5 Å². The second-order valence-corrected chi connectivity index (χ2v) is 6.28. The Balaban J connectivity index is 1.37. The van der Waals surface area contributed by atoms with Gasteiger partial charge in [-0.15, -0.1) is 0 Å². The monoisotopic (exact) mass is 328 g/mol. The number of para-hydroxylation sites is 2. The van der Waals surface area contributed by atoms with Gasteiger partial charge in [0.25, 0.3) is 0 Å². The van der Waals surface area contributed by atoms with Gasteiger partial charge < -0.3 is 20.5 Å². The standard InChI is InChI=1S/C18H28N6/c1-19-18(21-11-14-24-12-5-2-6-13-24)20-10-9-17-22-15-7-3-4-8-16(15)23-17/h3-4,7-8H,2,5-6,9-14H2,1H3,(H,22,23)(H2,19,20,21). The Morgan fingerprint density at radius 3 is 2.75 bits per heavy atom. The van der Waals surface area contributed by atoms with E-state index in [4.69, 9.17) is 0 Å². The summed E-state index contributed by atoms with van der Waals surface area (Å²) < 4.78 is 0. The summed E-state index contributed by atoms with van der Waals surface area (Å²) in [5.41, 5.74) is 2.12. The van der Waals surface area contributed by atoms with Crippen LogP contribution in [-0.4, -0.2) is 60.6 Å². The molecule has 0 aliphatic carbocycles. The van der Waals surface area contributed by atoms with E-state index in [1.807, 2.05) is 25.2 Å². The lowest BCUT2D eigenvalue weighted by Gasteiger charge is -2.26. The van der Waals surface area contributed by atoms with E-state index >= 15 is 0 Å². The number of likely N-dealkylation sites (tertiary alicyclic amines) is 1. The molecule has 0 bridgehead atoms. The van der Waals surface area contributed by atoms with Crippen molar-refractivity contribution in [3.63, 3.8) is 0 Å². The Kier molecular flexibility index (Phi) is 6.07. The highest BCUT2D eigenvalue weighted by Gasteiger charge is 2.09. The minimum atomic E-state index is 0.809. The molecule has 1 aliphatic heterocycles. The molecule has 1 saturated heterocycles. The van der Waals surface area contributed by atoms with E-state index in [1.54, 1.807) is 0 Å². The van der Waals surface area contributed by atoms with Crippen LogP contribution < -0.4 is 10.6 Å². The number of rotatable bonds is 6. The van der Waals surface area contributed by atoms with Gasteiger partial charge in [0.05, 0.1) is 11.0 Å². The van der Waals surface area contributed by atoms with E-state index in [-0.39, 0.29) is 0 Å². The molecule has 0 spiro atoms. The van der Waals surface area contributed by atoms with Gasteiger partial charge in [0.1, 0.15) is 5.82 Å². The molecular weight excluding hydrogens is 300 g/mol. The van der Waals surface area contributed by atoms with Crippen LogP contribution in [0, 0.1) is 0 Å². The number of aliphatic imine (C=N–C) groups is 1. The van der Waals surface area contributed by atoms with Gasteiger partial charge in [-0.1, -0.05) is 18.6 Å². The van der Waals surface area contributed by atoms with Gasteiger partial charge >= 0.3 is 0 Å². The van der Waals surface area contributed by atoms with Crippen LogP contribution in [0.5, 0.6) is 0 Å². The van der Waals surface area contributed by atoms with Gasteiger partial charge in [-0.25, -0.2) is 4.98 Å². The first kappa shape index (κ1) is 16.8. The van der Waals surface area contributed by atoms with Crippen LogP contribution >= 0.6 is 0 Å². The van der Waals surface area contributed by atoms with E-state index in [0.29, 0.717) is 0 Å². The van der Waals surface area contributed by atoms with Gasteiger partial charge in [-0.2, -0.15) is 0 Å². The summed E-state index contributed by atoms with van der Waals surface area (Å²) in [6, 6.07) is 8.13. The predicted molar refractivity (Wildman–Crippen MR) is 99.5 cm³/mol. The third-order valence-corrected chi connectivity index (χ3v) is 4.49. The summed E-state index contributed by atoms with van der Waals surface area (Å²) in [6.45, 7) is 5.30. The van der Waals surface area contributed by atoms with E-state index in [1.165, 1.54) is 32.4 Å². The Labute approximate surface area is 143 Å². The SMILES string of the molecule is CN=C(NCCc1nc2ccccc2[nH]1)NCCN1CCCCC1. The lowest BCUT2D eigenvalue weighted by molar-refractivity contribution is 0.232. The van der Waals surface area contributed by atoms with Crippen molar-refractivity contribution in [1.29, 1.82) is 0 Å². The van der Waals surface area contributed by atoms with E-state index in [9.17, 15) is 0 Å². The van der Waals surface area contributed by atoms with Gasteiger partial charge in [0.15, 0.2) is 5.96 Å². The molecule has 3 N–H and O–H groups in total. The van der Waals surface area contributed by atoms with E-state index in [2.05, 4.69) is 36.6 Å². The highest BCUT2D eigenvalue weighted by molar-refractivity contribution is 5.79. The Morgan fingerprint density at radius 1 is 1.17 bits per heavy atom. The van der Waals surface area contributed by atoms with Crippen molar-refractivity contribution in [2.75, 3.05) is 39.8 Å². The number of aromatic amines is 1. The average Bonchev–Trinajstić information content (AvgIpc) is 3.04. The number of guanidine groups is 1. The normalized spacial score (nSPS) is 16.5. The van der Waals surface area contributed by atoms with Crippen molar-refractivity contribution in [3.8, 4) is 0 Å². The van der Waals surface area contributed by atoms with Crippen molar-refractivity contribution in [3.05, 3.63) is 30.1 Å². The molecule has 0 amide bonds. The molecule has 0 atom stereocenters. The van der Waals surface area contributed by atoms with Crippen LogP contribution in [0.2, 0.25) is 0 Å². The van der Waals surface area contributed by atoms with Crippen molar-refractivity contribution in [2.24, 2.45) is 4.99 Å². The second-order valence-electron chi connectivity index (χ2n) is 6.28. The fourth-order valence-corrected chi connectivity index (χ4v) is 3.16. The molecule has 2 heterocycles. The summed E-state index contributed by atoms with van der Waals surface area (Å²) in [4.78, 5) is 14.8. The number of fused-ring (bicyclic) bond motifs is 1. The van der Waals surface area contributed by atoms with Crippen molar-refractivity contribution in [2.45, 2.75) is 25.7 Å². The predicted octanol–water partition coefficient (Wildman–Crippen LogP) is 1.76. The topological polar surface area (TPSA) is 68.3 Å².